The number of imidazole rings is 1. The largest absolute Gasteiger partial charge is 0.482 e. The first-order chi connectivity index (χ1) is 20.0. The van der Waals surface area contributed by atoms with Crippen molar-refractivity contribution in [3.05, 3.63) is 72.2 Å². The van der Waals surface area contributed by atoms with Gasteiger partial charge in [-0.1, -0.05) is 31.4 Å². The third-order valence-corrected chi connectivity index (χ3v) is 8.29. The van der Waals surface area contributed by atoms with Crippen LogP contribution in [0.2, 0.25) is 0 Å². The van der Waals surface area contributed by atoms with Crippen LogP contribution >= 0.6 is 0 Å². The summed E-state index contributed by atoms with van der Waals surface area (Å²) in [6.45, 7) is 2.24. The van der Waals surface area contributed by atoms with Gasteiger partial charge in [0.05, 0.1) is 22.9 Å². The van der Waals surface area contributed by atoms with Gasteiger partial charge in [-0.15, -0.1) is 0 Å². The molecular weight excluding hydrogens is 520 g/mol. The fraction of sp³-hybridized carbons (Fsp3) is 0.406. The molecule has 41 heavy (non-hydrogen) atoms. The van der Waals surface area contributed by atoms with Gasteiger partial charge in [-0.2, -0.15) is 0 Å². The van der Waals surface area contributed by atoms with Gasteiger partial charge in [-0.25, -0.2) is 9.78 Å². The molecule has 1 saturated carbocycles. The number of nitrogens with zero attached hydrogens (tertiary/aromatic N) is 3. The van der Waals surface area contributed by atoms with Gasteiger partial charge in [0.15, 0.2) is 6.61 Å². The number of nitrogens with one attached hydrogen (secondary N) is 1. The highest BCUT2D eigenvalue weighted by Gasteiger charge is 2.25. The summed E-state index contributed by atoms with van der Waals surface area (Å²) in [5.74, 6) is 0.413. The Bertz CT molecular complexity index is 1480. The monoisotopic (exact) mass is 556 g/mol. The van der Waals surface area contributed by atoms with Crippen molar-refractivity contribution in [2.75, 3.05) is 19.7 Å². The first-order valence-electron chi connectivity index (χ1n) is 14.5. The maximum absolute atomic E-state index is 13.3. The Kier molecular flexibility index (Phi) is 8.04. The second-order valence-electron chi connectivity index (χ2n) is 11.2. The topological polar surface area (TPSA) is 110 Å². The number of aliphatic carboxylic acids is 1. The molecule has 3 heterocycles. The molecule has 2 fully saturated rings. The number of carbonyl (C=O) groups is 2. The lowest BCUT2D eigenvalue weighted by molar-refractivity contribution is -0.139. The average molecular weight is 557 g/mol. The molecule has 2 aromatic heterocycles. The standard InChI is InChI=1S/C32H36N4O5/c37-30(38)21-41-27-9-6-22(7-10-27)19-35-15-12-25(13-16-35)33-32(39)23-8-11-29-28(18-23)34-31(24-14-17-40-20-24)36(29)26-4-2-1-3-5-26/h6-11,14,17-18,20,25-26H,1-5,12-13,15-16,19,21H2,(H,33,39)(H,37,38). The van der Waals surface area contributed by atoms with E-state index in [1.165, 1.54) is 19.3 Å². The number of carboxylic acid groups (broad SMARTS) is 1. The Morgan fingerprint density at radius 2 is 1.78 bits per heavy atom. The summed E-state index contributed by atoms with van der Waals surface area (Å²) >= 11 is 0. The first-order valence-corrected chi connectivity index (χ1v) is 14.5. The molecule has 1 aliphatic heterocycles. The zero-order valence-corrected chi connectivity index (χ0v) is 23.1. The van der Waals surface area contributed by atoms with Gasteiger partial charge in [-0.3, -0.25) is 9.69 Å². The number of hydrogen-bond donors (Lipinski definition) is 2. The molecule has 1 aliphatic carbocycles. The number of rotatable bonds is 9. The highest BCUT2D eigenvalue weighted by molar-refractivity contribution is 5.98. The van der Waals surface area contributed by atoms with Crippen molar-refractivity contribution in [2.24, 2.45) is 0 Å². The number of carbonyl (C=O) groups excluding carboxylic acids is 1. The van der Waals surface area contributed by atoms with Gasteiger partial charge in [0.1, 0.15) is 17.8 Å². The van der Waals surface area contributed by atoms with E-state index in [9.17, 15) is 9.59 Å². The molecule has 6 rings (SSSR count). The molecule has 9 heteroatoms. The van der Waals surface area contributed by atoms with Gasteiger partial charge >= 0.3 is 5.97 Å². The molecule has 2 aromatic carbocycles. The summed E-state index contributed by atoms with van der Waals surface area (Å²) in [7, 11) is 0. The molecule has 1 amide bonds. The highest BCUT2D eigenvalue weighted by atomic mass is 16.5. The average Bonchev–Trinajstić information content (AvgIpc) is 3.66. The molecule has 0 unspecified atom stereocenters. The number of fused-ring (bicyclic) bond motifs is 1. The second-order valence-corrected chi connectivity index (χ2v) is 11.2. The maximum atomic E-state index is 13.3. The summed E-state index contributed by atoms with van der Waals surface area (Å²) in [5, 5.41) is 12.0. The summed E-state index contributed by atoms with van der Waals surface area (Å²) in [4.78, 5) is 31.3. The summed E-state index contributed by atoms with van der Waals surface area (Å²) in [6, 6.07) is 15.9. The van der Waals surface area contributed by atoms with E-state index in [1.807, 2.05) is 30.3 Å². The molecule has 9 nitrogen and oxygen atoms in total. The maximum Gasteiger partial charge on any atom is 0.341 e. The number of furan rings is 1. The lowest BCUT2D eigenvalue weighted by Gasteiger charge is -2.32. The smallest absolute Gasteiger partial charge is 0.341 e. The number of aromatic nitrogens is 2. The van der Waals surface area contributed by atoms with Gasteiger partial charge in [0.2, 0.25) is 0 Å². The van der Waals surface area contributed by atoms with E-state index in [0.29, 0.717) is 17.4 Å². The number of benzene rings is 2. The number of ether oxygens (including phenoxy) is 1. The quantitative estimate of drug-likeness (QED) is 0.274. The number of amides is 1. The van der Waals surface area contributed by atoms with Crippen molar-refractivity contribution in [1.29, 1.82) is 0 Å². The van der Waals surface area contributed by atoms with E-state index in [1.54, 1.807) is 24.7 Å². The molecular formula is C32H36N4O5. The summed E-state index contributed by atoms with van der Waals surface area (Å²) < 4.78 is 12.9. The summed E-state index contributed by atoms with van der Waals surface area (Å²) in [5.41, 5.74) is 4.66. The Balaban J connectivity index is 1.07. The number of likely N-dealkylation sites (tertiary alicyclic amines) is 1. The van der Waals surface area contributed by atoms with Crippen molar-refractivity contribution < 1.29 is 23.8 Å². The third kappa shape index (κ3) is 6.30. The van der Waals surface area contributed by atoms with Gasteiger partial charge < -0.3 is 24.1 Å². The Morgan fingerprint density at radius 3 is 2.49 bits per heavy atom. The number of carboxylic acids is 1. The molecule has 2 N–H and O–H groups in total. The van der Waals surface area contributed by atoms with E-state index in [2.05, 4.69) is 20.9 Å². The van der Waals surface area contributed by atoms with Gasteiger partial charge in [-0.05, 0) is 67.6 Å². The molecule has 0 bridgehead atoms. The third-order valence-electron chi connectivity index (χ3n) is 8.29. The van der Waals surface area contributed by atoms with Crippen LogP contribution in [0.15, 0.2) is 65.5 Å². The highest BCUT2D eigenvalue weighted by Crippen LogP contribution is 2.36. The molecule has 0 radical (unpaired) electrons. The Hall–Kier alpha value is -4.11. The van der Waals surface area contributed by atoms with Crippen molar-refractivity contribution in [2.45, 2.75) is 63.6 Å². The predicted molar refractivity (Wildman–Crippen MR) is 155 cm³/mol. The normalized spacial score (nSPS) is 17.1. The van der Waals surface area contributed by atoms with E-state index in [4.69, 9.17) is 19.2 Å². The Morgan fingerprint density at radius 1 is 1.00 bits per heavy atom. The molecule has 214 valence electrons. The first kappa shape index (κ1) is 27.1. The molecule has 0 atom stereocenters. The minimum absolute atomic E-state index is 0.0561. The summed E-state index contributed by atoms with van der Waals surface area (Å²) in [6.07, 6.45) is 11.2. The van der Waals surface area contributed by atoms with Crippen LogP contribution in [0.5, 0.6) is 5.75 Å². The fourth-order valence-corrected chi connectivity index (χ4v) is 6.14. The lowest BCUT2D eigenvalue weighted by atomic mass is 9.95. The van der Waals surface area contributed by atoms with Crippen LogP contribution in [-0.4, -0.2) is 57.2 Å². The predicted octanol–water partition coefficient (Wildman–Crippen LogP) is 5.66. The van der Waals surface area contributed by atoms with Gasteiger partial charge in [0, 0.05) is 37.3 Å². The molecule has 4 aromatic rings. The fourth-order valence-electron chi connectivity index (χ4n) is 6.14. The van der Waals surface area contributed by atoms with Crippen LogP contribution in [0.1, 0.15) is 66.9 Å². The lowest BCUT2D eigenvalue weighted by Crippen LogP contribution is -2.44. The van der Waals surface area contributed by atoms with Crippen molar-refractivity contribution in [1.82, 2.24) is 19.8 Å². The van der Waals surface area contributed by atoms with Crippen LogP contribution in [0.25, 0.3) is 22.4 Å². The van der Waals surface area contributed by atoms with E-state index in [-0.39, 0.29) is 18.6 Å². The number of hydrogen-bond acceptors (Lipinski definition) is 6. The van der Waals surface area contributed by atoms with Crippen LogP contribution < -0.4 is 10.1 Å². The van der Waals surface area contributed by atoms with E-state index >= 15 is 0 Å². The molecule has 1 saturated heterocycles. The minimum atomic E-state index is -0.991. The SMILES string of the molecule is O=C(O)COc1ccc(CN2CCC(NC(=O)c3ccc4c(c3)nc(-c3ccoc3)n4C3CCCCC3)CC2)cc1. The van der Waals surface area contributed by atoms with Crippen molar-refractivity contribution >= 4 is 22.9 Å². The zero-order chi connectivity index (χ0) is 28.2. The second kappa shape index (κ2) is 12.2. The van der Waals surface area contributed by atoms with Crippen LogP contribution in [0.3, 0.4) is 0 Å². The van der Waals surface area contributed by atoms with Crippen LogP contribution in [0, 0.1) is 0 Å². The van der Waals surface area contributed by atoms with Gasteiger partial charge in [0.25, 0.3) is 5.91 Å². The Labute approximate surface area is 239 Å². The van der Waals surface area contributed by atoms with Crippen molar-refractivity contribution in [3.8, 4) is 17.1 Å². The van der Waals surface area contributed by atoms with E-state index in [0.717, 1.165) is 73.3 Å². The van der Waals surface area contributed by atoms with Crippen molar-refractivity contribution in [3.63, 3.8) is 0 Å². The zero-order valence-electron chi connectivity index (χ0n) is 23.1. The van der Waals surface area contributed by atoms with Crippen LogP contribution in [0.4, 0.5) is 0 Å². The van der Waals surface area contributed by atoms with Crippen LogP contribution in [-0.2, 0) is 11.3 Å². The number of piperidine rings is 1. The molecule has 2 aliphatic rings. The minimum Gasteiger partial charge on any atom is -0.482 e. The van der Waals surface area contributed by atoms with E-state index < -0.39 is 5.97 Å². The molecule has 0 spiro atoms.